The second-order valence-electron chi connectivity index (χ2n) is 6.16. The van der Waals surface area contributed by atoms with Crippen molar-refractivity contribution in [2.75, 3.05) is 52.5 Å². The molecule has 0 radical (unpaired) electrons. The Hall–Kier alpha value is -2.05. The number of carbonyl (C=O) groups excluding carboxylic acids is 1. The van der Waals surface area contributed by atoms with E-state index in [1.165, 1.54) is 5.57 Å². The van der Waals surface area contributed by atoms with Gasteiger partial charge >= 0.3 is 6.03 Å². The van der Waals surface area contributed by atoms with Crippen LogP contribution in [0.5, 0.6) is 5.75 Å². The summed E-state index contributed by atoms with van der Waals surface area (Å²) in [6.07, 6.45) is 2.93. The average molecular weight is 331 g/mol. The predicted molar refractivity (Wildman–Crippen MR) is 92.9 cm³/mol. The van der Waals surface area contributed by atoms with Crippen molar-refractivity contribution in [1.29, 1.82) is 0 Å². The van der Waals surface area contributed by atoms with Crippen molar-refractivity contribution in [3.8, 4) is 5.75 Å². The van der Waals surface area contributed by atoms with E-state index in [2.05, 4.69) is 16.3 Å². The quantitative estimate of drug-likeness (QED) is 0.878. The highest BCUT2D eigenvalue weighted by Crippen LogP contribution is 2.23. The van der Waals surface area contributed by atoms with Crippen molar-refractivity contribution >= 4 is 11.6 Å². The van der Waals surface area contributed by atoms with Gasteiger partial charge < -0.3 is 20.1 Å². The molecule has 0 aliphatic carbocycles. The number of nitrogens with zero attached hydrogens (tertiary/aromatic N) is 2. The topological polar surface area (TPSA) is 65.0 Å². The molecule has 0 bridgehead atoms. The fourth-order valence-electron chi connectivity index (χ4n) is 3.05. The Balaban J connectivity index is 1.43. The van der Waals surface area contributed by atoms with Crippen LogP contribution in [-0.4, -0.2) is 73.4 Å². The van der Waals surface area contributed by atoms with Crippen molar-refractivity contribution in [3.05, 3.63) is 35.9 Å². The molecule has 1 aromatic rings. The number of aromatic hydroxyl groups is 1. The van der Waals surface area contributed by atoms with Gasteiger partial charge in [0.2, 0.25) is 0 Å². The van der Waals surface area contributed by atoms with Crippen LogP contribution < -0.4 is 5.32 Å². The van der Waals surface area contributed by atoms with Gasteiger partial charge in [0.05, 0.1) is 13.2 Å². The van der Waals surface area contributed by atoms with Crippen molar-refractivity contribution < 1.29 is 14.6 Å². The molecule has 6 heteroatoms. The highest BCUT2D eigenvalue weighted by atomic mass is 16.5. The first-order valence-electron chi connectivity index (χ1n) is 8.54. The van der Waals surface area contributed by atoms with Crippen molar-refractivity contribution in [1.82, 2.24) is 15.1 Å². The number of phenolic OH excluding ortho intramolecular Hbond substituents is 1. The maximum absolute atomic E-state index is 12.2. The van der Waals surface area contributed by atoms with Gasteiger partial charge in [-0.15, -0.1) is 0 Å². The third-order valence-electron chi connectivity index (χ3n) is 4.54. The molecule has 0 spiro atoms. The largest absolute Gasteiger partial charge is 0.508 e. The molecule has 2 N–H and O–H groups in total. The summed E-state index contributed by atoms with van der Waals surface area (Å²) in [7, 11) is 0. The normalized spacial score (nSPS) is 19.0. The number of hydrogen-bond donors (Lipinski definition) is 2. The zero-order valence-corrected chi connectivity index (χ0v) is 13.9. The molecule has 1 aromatic carbocycles. The first kappa shape index (κ1) is 16.8. The highest BCUT2D eigenvalue weighted by Gasteiger charge is 2.18. The lowest BCUT2D eigenvalue weighted by atomic mass is 9.99. The van der Waals surface area contributed by atoms with Gasteiger partial charge in [-0.2, -0.15) is 0 Å². The second kappa shape index (κ2) is 8.17. The van der Waals surface area contributed by atoms with Gasteiger partial charge in [0.15, 0.2) is 0 Å². The van der Waals surface area contributed by atoms with Crippen LogP contribution in [0.2, 0.25) is 0 Å². The molecule has 0 saturated carbocycles. The van der Waals surface area contributed by atoms with Crippen LogP contribution in [0.25, 0.3) is 5.57 Å². The van der Waals surface area contributed by atoms with Gasteiger partial charge in [-0.05, 0) is 29.7 Å². The lowest BCUT2D eigenvalue weighted by Gasteiger charge is -2.29. The Morgan fingerprint density at radius 3 is 2.58 bits per heavy atom. The number of carbonyl (C=O) groups is 1. The van der Waals surface area contributed by atoms with E-state index >= 15 is 0 Å². The minimum absolute atomic E-state index is 0.00395. The number of morpholine rings is 1. The summed E-state index contributed by atoms with van der Waals surface area (Å²) in [5, 5.41) is 12.4. The van der Waals surface area contributed by atoms with Crippen LogP contribution in [0.1, 0.15) is 12.0 Å². The van der Waals surface area contributed by atoms with E-state index in [0.29, 0.717) is 13.1 Å². The zero-order chi connectivity index (χ0) is 16.8. The van der Waals surface area contributed by atoms with Crippen LogP contribution in [0.15, 0.2) is 30.3 Å². The molecule has 3 rings (SSSR count). The first-order chi connectivity index (χ1) is 11.7. The molecular formula is C18H25N3O3. The molecule has 6 nitrogen and oxygen atoms in total. The summed E-state index contributed by atoms with van der Waals surface area (Å²) in [6, 6.07) is 7.23. The minimum atomic E-state index is 0.00395. The summed E-state index contributed by atoms with van der Waals surface area (Å²) in [6.45, 7) is 6.34. The van der Waals surface area contributed by atoms with E-state index in [4.69, 9.17) is 4.74 Å². The Kier molecular flexibility index (Phi) is 5.72. The molecule has 2 amide bonds. The van der Waals surface area contributed by atoms with Crippen molar-refractivity contribution in [3.63, 3.8) is 0 Å². The predicted octanol–water partition coefficient (Wildman–Crippen LogP) is 1.52. The van der Waals surface area contributed by atoms with Gasteiger partial charge in [0, 0.05) is 39.3 Å². The number of hydrogen-bond acceptors (Lipinski definition) is 4. The van der Waals surface area contributed by atoms with E-state index in [9.17, 15) is 9.90 Å². The van der Waals surface area contributed by atoms with E-state index in [-0.39, 0.29) is 11.8 Å². The molecule has 1 fully saturated rings. The molecule has 24 heavy (non-hydrogen) atoms. The smallest absolute Gasteiger partial charge is 0.317 e. The van der Waals surface area contributed by atoms with E-state index in [1.807, 2.05) is 17.0 Å². The van der Waals surface area contributed by atoms with E-state index < -0.39 is 0 Å². The Bertz CT molecular complexity index is 580. The van der Waals surface area contributed by atoms with Crippen molar-refractivity contribution in [2.45, 2.75) is 6.42 Å². The van der Waals surface area contributed by atoms with Crippen LogP contribution >= 0.6 is 0 Å². The first-order valence-corrected chi connectivity index (χ1v) is 8.54. The number of rotatable bonds is 4. The molecule has 2 aliphatic rings. The lowest BCUT2D eigenvalue weighted by Crippen LogP contribution is -2.46. The SMILES string of the molecule is O=C(NCCN1CCOCC1)N1CC=C(c2ccc(O)cc2)CC1. The summed E-state index contributed by atoms with van der Waals surface area (Å²) in [5.41, 5.74) is 2.34. The summed E-state index contributed by atoms with van der Waals surface area (Å²) < 4.78 is 5.32. The fraction of sp³-hybridized carbons (Fsp3) is 0.500. The highest BCUT2D eigenvalue weighted by molar-refractivity contribution is 5.76. The van der Waals surface area contributed by atoms with Gasteiger partial charge in [0.25, 0.3) is 0 Å². The maximum Gasteiger partial charge on any atom is 0.317 e. The third-order valence-corrected chi connectivity index (χ3v) is 4.54. The number of benzene rings is 1. The average Bonchev–Trinajstić information content (AvgIpc) is 2.63. The Morgan fingerprint density at radius 2 is 1.92 bits per heavy atom. The summed E-state index contributed by atoms with van der Waals surface area (Å²) in [5.74, 6) is 0.274. The standard InChI is InChI=1S/C18H25N3O3/c22-17-3-1-15(2-4-17)16-5-8-21(9-6-16)18(23)19-7-10-20-11-13-24-14-12-20/h1-5,22H,6-14H2,(H,19,23). The van der Waals surface area contributed by atoms with Gasteiger partial charge in [-0.3, -0.25) is 4.90 Å². The molecule has 130 valence electrons. The van der Waals surface area contributed by atoms with Crippen molar-refractivity contribution in [2.24, 2.45) is 0 Å². The number of nitrogens with one attached hydrogen (secondary N) is 1. The monoisotopic (exact) mass is 331 g/mol. The van der Waals surface area contributed by atoms with E-state index in [1.54, 1.807) is 12.1 Å². The molecule has 0 aromatic heterocycles. The molecule has 2 aliphatic heterocycles. The Labute approximate surface area is 142 Å². The number of amides is 2. The van der Waals surface area contributed by atoms with Gasteiger partial charge in [0.1, 0.15) is 5.75 Å². The van der Waals surface area contributed by atoms with Gasteiger partial charge in [-0.25, -0.2) is 4.79 Å². The summed E-state index contributed by atoms with van der Waals surface area (Å²) in [4.78, 5) is 16.4. The minimum Gasteiger partial charge on any atom is -0.508 e. The Morgan fingerprint density at radius 1 is 1.17 bits per heavy atom. The molecule has 0 unspecified atom stereocenters. The van der Waals surface area contributed by atoms with Crippen LogP contribution in [0.3, 0.4) is 0 Å². The number of urea groups is 1. The van der Waals surface area contributed by atoms with Gasteiger partial charge in [-0.1, -0.05) is 18.2 Å². The molecule has 1 saturated heterocycles. The number of phenols is 1. The second-order valence-corrected chi connectivity index (χ2v) is 6.16. The van der Waals surface area contributed by atoms with Crippen LogP contribution in [0.4, 0.5) is 4.79 Å². The molecular weight excluding hydrogens is 306 g/mol. The van der Waals surface area contributed by atoms with Crippen LogP contribution in [0, 0.1) is 0 Å². The number of ether oxygens (including phenoxy) is 1. The molecule has 2 heterocycles. The lowest BCUT2D eigenvalue weighted by molar-refractivity contribution is 0.0386. The summed E-state index contributed by atoms with van der Waals surface area (Å²) >= 11 is 0. The maximum atomic E-state index is 12.2. The zero-order valence-electron chi connectivity index (χ0n) is 13.9. The third kappa shape index (κ3) is 4.49. The fourth-order valence-corrected chi connectivity index (χ4v) is 3.05. The van der Waals surface area contributed by atoms with Crippen LogP contribution in [-0.2, 0) is 4.74 Å². The van der Waals surface area contributed by atoms with E-state index in [0.717, 1.165) is 51.4 Å². The molecule has 0 atom stereocenters.